The standard InChI is InChI=1S/C28H22N2O/c1-17-25(16-29-17)22-9-5-8-21-24-15-19(10-12-26(24)30-28(21)22)20-11-13-27(31)23(14-20)18-6-3-2-4-7-18/h2-15,25,29-31H,1,16H2. The van der Waals surface area contributed by atoms with Crippen molar-refractivity contribution in [1.29, 1.82) is 0 Å². The first-order chi connectivity index (χ1) is 15.2. The zero-order valence-corrected chi connectivity index (χ0v) is 17.0. The molecule has 3 nitrogen and oxygen atoms in total. The molecule has 1 aliphatic rings. The Morgan fingerprint density at radius 3 is 2.35 bits per heavy atom. The summed E-state index contributed by atoms with van der Waals surface area (Å²) in [6.45, 7) is 5.07. The summed E-state index contributed by atoms with van der Waals surface area (Å²) in [5, 5.41) is 16.2. The maximum absolute atomic E-state index is 10.4. The second-order valence-electron chi connectivity index (χ2n) is 8.21. The van der Waals surface area contributed by atoms with Crippen LogP contribution in [0.25, 0.3) is 44.1 Å². The van der Waals surface area contributed by atoms with Crippen LogP contribution in [0.1, 0.15) is 11.5 Å². The average molecular weight is 402 g/mol. The number of para-hydroxylation sites is 1. The van der Waals surface area contributed by atoms with Crippen molar-refractivity contribution < 1.29 is 5.11 Å². The van der Waals surface area contributed by atoms with Gasteiger partial charge < -0.3 is 15.4 Å². The number of phenolic OH excluding ortho intramolecular Hbond substituents is 1. The first-order valence-corrected chi connectivity index (χ1v) is 10.5. The van der Waals surface area contributed by atoms with E-state index < -0.39 is 0 Å². The molecule has 1 saturated heterocycles. The van der Waals surface area contributed by atoms with Crippen molar-refractivity contribution in [3.8, 4) is 28.0 Å². The number of rotatable bonds is 3. The van der Waals surface area contributed by atoms with Crippen molar-refractivity contribution in [3.63, 3.8) is 0 Å². The van der Waals surface area contributed by atoms with Gasteiger partial charge in [-0.1, -0.05) is 67.2 Å². The number of benzene rings is 4. The van der Waals surface area contributed by atoms with Crippen molar-refractivity contribution in [2.45, 2.75) is 5.92 Å². The van der Waals surface area contributed by atoms with Crippen LogP contribution in [-0.4, -0.2) is 16.6 Å². The Labute approximate surface area is 180 Å². The fourth-order valence-electron chi connectivity index (χ4n) is 4.63. The molecule has 2 heterocycles. The molecular formula is C28H22N2O. The second-order valence-corrected chi connectivity index (χ2v) is 8.21. The fourth-order valence-corrected chi connectivity index (χ4v) is 4.63. The van der Waals surface area contributed by atoms with E-state index in [1.165, 1.54) is 21.9 Å². The van der Waals surface area contributed by atoms with Gasteiger partial charge in [0.25, 0.3) is 0 Å². The highest BCUT2D eigenvalue weighted by atomic mass is 16.3. The van der Waals surface area contributed by atoms with E-state index in [1.807, 2.05) is 36.4 Å². The summed E-state index contributed by atoms with van der Waals surface area (Å²) in [5.74, 6) is 0.656. The molecule has 0 amide bonds. The monoisotopic (exact) mass is 402 g/mol. The highest BCUT2D eigenvalue weighted by molar-refractivity contribution is 6.09. The van der Waals surface area contributed by atoms with E-state index in [9.17, 15) is 5.11 Å². The molecule has 3 heteroatoms. The van der Waals surface area contributed by atoms with E-state index in [4.69, 9.17) is 0 Å². The van der Waals surface area contributed by atoms with Crippen molar-refractivity contribution in [2.24, 2.45) is 0 Å². The minimum absolute atomic E-state index is 0.294. The van der Waals surface area contributed by atoms with Gasteiger partial charge in [0.1, 0.15) is 5.75 Å². The van der Waals surface area contributed by atoms with Crippen molar-refractivity contribution in [2.75, 3.05) is 6.54 Å². The van der Waals surface area contributed by atoms with E-state index in [1.54, 1.807) is 6.07 Å². The minimum atomic E-state index is 0.294. The minimum Gasteiger partial charge on any atom is -0.507 e. The summed E-state index contributed by atoms with van der Waals surface area (Å²) >= 11 is 0. The summed E-state index contributed by atoms with van der Waals surface area (Å²) < 4.78 is 0. The van der Waals surface area contributed by atoms with E-state index in [-0.39, 0.29) is 0 Å². The summed E-state index contributed by atoms with van der Waals surface area (Å²) in [6, 6.07) is 28.9. The smallest absolute Gasteiger partial charge is 0.123 e. The molecule has 3 N–H and O–H groups in total. The predicted octanol–water partition coefficient (Wildman–Crippen LogP) is 6.56. The molecule has 0 radical (unpaired) electrons. The molecule has 1 aliphatic heterocycles. The van der Waals surface area contributed by atoms with E-state index >= 15 is 0 Å². The van der Waals surface area contributed by atoms with Gasteiger partial charge in [-0.15, -0.1) is 0 Å². The molecule has 0 aliphatic carbocycles. The Hall–Kier alpha value is -3.98. The van der Waals surface area contributed by atoms with E-state index in [0.29, 0.717) is 11.7 Å². The Morgan fingerprint density at radius 1 is 0.774 bits per heavy atom. The van der Waals surface area contributed by atoms with Crippen LogP contribution in [0.3, 0.4) is 0 Å². The lowest BCUT2D eigenvalue weighted by atomic mass is 9.89. The fraction of sp³-hybridized carbons (Fsp3) is 0.0714. The summed E-state index contributed by atoms with van der Waals surface area (Å²) in [5.41, 5.74) is 8.78. The number of aromatic amines is 1. The molecule has 0 spiro atoms. The maximum atomic E-state index is 10.4. The molecular weight excluding hydrogens is 380 g/mol. The van der Waals surface area contributed by atoms with Crippen LogP contribution in [0.4, 0.5) is 0 Å². The highest BCUT2D eigenvalue weighted by Gasteiger charge is 2.26. The second kappa shape index (κ2) is 6.78. The number of phenols is 1. The van der Waals surface area contributed by atoms with Crippen LogP contribution in [0.5, 0.6) is 5.75 Å². The number of aromatic hydroxyl groups is 1. The van der Waals surface area contributed by atoms with Gasteiger partial charge in [-0.05, 0) is 46.5 Å². The average Bonchev–Trinajstić information content (AvgIpc) is 3.18. The molecule has 31 heavy (non-hydrogen) atoms. The van der Waals surface area contributed by atoms with Gasteiger partial charge in [0.2, 0.25) is 0 Å². The van der Waals surface area contributed by atoms with Crippen molar-refractivity contribution in [1.82, 2.24) is 10.3 Å². The van der Waals surface area contributed by atoms with Gasteiger partial charge in [-0.25, -0.2) is 0 Å². The molecule has 1 fully saturated rings. The topological polar surface area (TPSA) is 48.0 Å². The largest absolute Gasteiger partial charge is 0.507 e. The molecule has 1 aromatic heterocycles. The normalized spacial score (nSPS) is 15.7. The Balaban J connectivity index is 1.50. The van der Waals surface area contributed by atoms with Crippen molar-refractivity contribution >= 4 is 21.8 Å². The molecule has 0 bridgehead atoms. The molecule has 1 unspecified atom stereocenters. The SMILES string of the molecule is C=C1NCC1c1cccc2c1[nH]c1ccc(-c3ccc(O)c(-c4ccccc4)c3)cc12. The molecule has 1 atom stereocenters. The van der Waals surface area contributed by atoms with Crippen LogP contribution >= 0.6 is 0 Å². The first kappa shape index (κ1) is 17.8. The third-order valence-corrected chi connectivity index (χ3v) is 6.41. The lowest BCUT2D eigenvalue weighted by Gasteiger charge is -2.31. The van der Waals surface area contributed by atoms with Crippen LogP contribution < -0.4 is 5.32 Å². The van der Waals surface area contributed by atoms with Crippen LogP contribution in [-0.2, 0) is 0 Å². The van der Waals surface area contributed by atoms with Gasteiger partial charge in [-0.2, -0.15) is 0 Å². The van der Waals surface area contributed by atoms with Gasteiger partial charge in [0.05, 0.1) is 5.52 Å². The summed E-state index contributed by atoms with van der Waals surface area (Å²) in [4.78, 5) is 3.63. The number of nitrogens with one attached hydrogen (secondary N) is 2. The maximum Gasteiger partial charge on any atom is 0.123 e. The number of aromatic nitrogens is 1. The Morgan fingerprint density at radius 2 is 1.58 bits per heavy atom. The van der Waals surface area contributed by atoms with E-state index in [2.05, 4.69) is 59.3 Å². The number of hydrogen-bond acceptors (Lipinski definition) is 2. The van der Waals surface area contributed by atoms with Gasteiger partial charge in [0.15, 0.2) is 0 Å². The third kappa shape index (κ3) is 2.82. The van der Waals surface area contributed by atoms with Crippen molar-refractivity contribution in [3.05, 3.63) is 103 Å². The van der Waals surface area contributed by atoms with Crippen LogP contribution in [0.15, 0.2) is 97.2 Å². The summed E-state index contributed by atoms with van der Waals surface area (Å²) in [7, 11) is 0. The summed E-state index contributed by atoms with van der Waals surface area (Å²) in [6.07, 6.45) is 0. The van der Waals surface area contributed by atoms with Gasteiger partial charge in [0, 0.05) is 40.0 Å². The highest BCUT2D eigenvalue weighted by Crippen LogP contribution is 2.38. The lowest BCUT2D eigenvalue weighted by Crippen LogP contribution is -2.36. The molecule has 0 saturated carbocycles. The molecule has 4 aromatic carbocycles. The zero-order valence-electron chi connectivity index (χ0n) is 17.0. The van der Waals surface area contributed by atoms with Crippen LogP contribution in [0.2, 0.25) is 0 Å². The third-order valence-electron chi connectivity index (χ3n) is 6.41. The lowest BCUT2D eigenvalue weighted by molar-refractivity contribution is 0.477. The zero-order chi connectivity index (χ0) is 20.9. The van der Waals surface area contributed by atoms with E-state index in [0.717, 1.165) is 40.0 Å². The molecule has 6 rings (SSSR count). The Kier molecular flexibility index (Phi) is 3.90. The molecule has 150 valence electrons. The molecule has 5 aromatic rings. The Bertz CT molecular complexity index is 1460. The number of H-pyrrole nitrogens is 1. The van der Waals surface area contributed by atoms with Gasteiger partial charge >= 0.3 is 0 Å². The first-order valence-electron chi connectivity index (χ1n) is 10.5. The quantitative estimate of drug-likeness (QED) is 0.320. The predicted molar refractivity (Wildman–Crippen MR) is 128 cm³/mol. The van der Waals surface area contributed by atoms with Gasteiger partial charge in [-0.3, -0.25) is 0 Å². The number of hydrogen-bond donors (Lipinski definition) is 3. The van der Waals surface area contributed by atoms with Crippen LogP contribution in [0, 0.1) is 0 Å². The number of fused-ring (bicyclic) bond motifs is 3.